The fraction of sp³-hybridized carbons (Fsp3) is 0.250. The first-order valence-corrected chi connectivity index (χ1v) is 1.58. The molecule has 0 aromatic carbocycles. The first-order chi connectivity index (χ1) is 2.77. The Hall–Kier alpha value is -0.0497. The Morgan fingerprint density at radius 2 is 2.29 bits per heavy atom. The molecule has 0 unspecified atom stereocenters. The molecule has 7 heavy (non-hydrogen) atoms. The van der Waals surface area contributed by atoms with Gasteiger partial charge in [-0.05, 0) is 0 Å². The molecule has 0 aliphatic heterocycles. The first-order valence-electron chi connectivity index (χ1n) is 1.58. The van der Waals surface area contributed by atoms with Crippen molar-refractivity contribution in [3.63, 3.8) is 0 Å². The monoisotopic (exact) mass is 191 g/mol. The van der Waals surface area contributed by atoms with Gasteiger partial charge in [-0.1, -0.05) is 0 Å². The van der Waals surface area contributed by atoms with Gasteiger partial charge in [-0.25, -0.2) is 0 Å². The quantitative estimate of drug-likeness (QED) is 0.462. The van der Waals surface area contributed by atoms with Crippen molar-refractivity contribution in [2.45, 2.75) is 6.92 Å². The second-order valence-corrected chi connectivity index (χ2v) is 0.867. The van der Waals surface area contributed by atoms with Crippen molar-refractivity contribution in [2.24, 2.45) is 0 Å². The van der Waals surface area contributed by atoms with Crippen molar-refractivity contribution in [1.82, 2.24) is 5.32 Å². The van der Waals surface area contributed by atoms with Gasteiger partial charge < -0.3 is 11.9 Å². The van der Waals surface area contributed by atoms with Gasteiger partial charge in [-0.15, -0.1) is 0 Å². The van der Waals surface area contributed by atoms with Crippen molar-refractivity contribution in [3.05, 3.63) is 12.8 Å². The molecule has 0 fully saturated rings. The van der Waals surface area contributed by atoms with Crippen LogP contribution in [0.25, 0.3) is 0 Å². The molecule has 1 N–H and O–H groups in total. The van der Waals surface area contributed by atoms with E-state index in [1.807, 2.05) is 0 Å². The van der Waals surface area contributed by atoms with Crippen molar-refractivity contribution >= 4 is 5.91 Å². The summed E-state index contributed by atoms with van der Waals surface area (Å²) in [7, 11) is 0. The second kappa shape index (κ2) is 5.95. The summed E-state index contributed by atoms with van der Waals surface area (Å²) in [6.07, 6.45) is 1.10. The van der Waals surface area contributed by atoms with Crippen LogP contribution in [0, 0.1) is 6.58 Å². The van der Waals surface area contributed by atoms with Crippen LogP contribution in [0.1, 0.15) is 6.92 Å². The van der Waals surface area contributed by atoms with Crippen LogP contribution in [-0.2, 0) is 27.2 Å². The maximum absolute atomic E-state index is 9.82. The molecule has 3 heteroatoms. The van der Waals surface area contributed by atoms with Crippen LogP contribution >= 0.6 is 0 Å². The van der Waals surface area contributed by atoms with E-state index in [1.165, 1.54) is 6.92 Å². The number of carbonyl (C=O) groups excluding carboxylic acids is 1. The fourth-order valence-corrected chi connectivity index (χ4v) is 0.117. The molecule has 0 radical (unpaired) electrons. The van der Waals surface area contributed by atoms with E-state index >= 15 is 0 Å². The third kappa shape index (κ3) is 10.7. The molecule has 0 saturated heterocycles. The minimum atomic E-state index is -0.141. The molecular formula is C4H6AgNO. The summed E-state index contributed by atoms with van der Waals surface area (Å²) >= 11 is 0. The molecule has 0 atom stereocenters. The Morgan fingerprint density at radius 3 is 2.29 bits per heavy atom. The Labute approximate surface area is 58.5 Å². The largest absolute Gasteiger partial charge is 1.00 e. The number of hydrogen-bond acceptors (Lipinski definition) is 1. The number of nitrogens with one attached hydrogen (secondary N) is 1. The zero-order valence-electron chi connectivity index (χ0n) is 3.86. The minimum absolute atomic E-state index is 0. The van der Waals surface area contributed by atoms with Gasteiger partial charge in [0.2, 0.25) is 5.91 Å². The van der Waals surface area contributed by atoms with E-state index < -0.39 is 0 Å². The predicted molar refractivity (Wildman–Crippen MR) is 22.7 cm³/mol. The van der Waals surface area contributed by atoms with Crippen LogP contribution in [0.15, 0.2) is 6.20 Å². The Kier molecular flexibility index (Phi) is 8.54. The van der Waals surface area contributed by atoms with E-state index in [0.29, 0.717) is 0 Å². The van der Waals surface area contributed by atoms with Gasteiger partial charge >= 0.3 is 22.4 Å². The summed E-state index contributed by atoms with van der Waals surface area (Å²) in [5, 5.41) is 2.22. The van der Waals surface area contributed by atoms with Crippen LogP contribution in [0.3, 0.4) is 0 Å². The Balaban J connectivity index is 0. The van der Waals surface area contributed by atoms with Gasteiger partial charge in [-0.2, -0.15) is 6.20 Å². The third-order valence-corrected chi connectivity index (χ3v) is 0.287. The second-order valence-electron chi connectivity index (χ2n) is 0.867. The zero-order chi connectivity index (χ0) is 4.99. The molecule has 0 aromatic rings. The topological polar surface area (TPSA) is 29.1 Å². The molecule has 0 heterocycles. The maximum Gasteiger partial charge on any atom is 1.00 e. The SMILES string of the molecule is [Ag+].[CH-]=CNC(C)=O. The van der Waals surface area contributed by atoms with Crippen molar-refractivity contribution in [2.75, 3.05) is 0 Å². The molecule has 1 amide bonds. The number of rotatable bonds is 1. The first kappa shape index (κ1) is 10.0. The van der Waals surface area contributed by atoms with Crippen molar-refractivity contribution < 1.29 is 27.2 Å². The van der Waals surface area contributed by atoms with E-state index in [0.717, 1.165) is 6.20 Å². The molecule has 2 nitrogen and oxygen atoms in total. The number of amides is 1. The summed E-state index contributed by atoms with van der Waals surface area (Å²) in [6.45, 7) is 6.16. The molecule has 0 aromatic heterocycles. The van der Waals surface area contributed by atoms with Gasteiger partial charge in [0.25, 0.3) is 0 Å². The van der Waals surface area contributed by atoms with E-state index in [2.05, 4.69) is 5.32 Å². The smallest absolute Gasteiger partial charge is 0.497 e. The van der Waals surface area contributed by atoms with Gasteiger partial charge in [0.15, 0.2) is 0 Å². The molecule has 0 spiro atoms. The van der Waals surface area contributed by atoms with Crippen LogP contribution in [-0.4, -0.2) is 5.91 Å². The molecule has 44 valence electrons. The molecule has 0 saturated carbocycles. The summed E-state index contributed by atoms with van der Waals surface area (Å²) in [5.41, 5.74) is 0. The fourth-order valence-electron chi connectivity index (χ4n) is 0.117. The van der Waals surface area contributed by atoms with Crippen LogP contribution in [0.4, 0.5) is 0 Å². The van der Waals surface area contributed by atoms with Crippen LogP contribution in [0.2, 0.25) is 0 Å². The van der Waals surface area contributed by atoms with E-state index in [4.69, 9.17) is 6.58 Å². The predicted octanol–water partition coefficient (Wildman–Crippen LogP) is 0.0667. The summed E-state index contributed by atoms with van der Waals surface area (Å²) in [6, 6.07) is 0. The standard InChI is InChI=1S/C4H6NO.Ag/c1-3-5-4(2)6;/h1,3H,2H3,(H,5,6);/q-1;+1. The van der Waals surface area contributed by atoms with Gasteiger partial charge in [-0.3, -0.25) is 4.79 Å². The van der Waals surface area contributed by atoms with Gasteiger partial charge in [0.05, 0.1) is 0 Å². The average molecular weight is 192 g/mol. The van der Waals surface area contributed by atoms with Gasteiger partial charge in [0, 0.05) is 6.92 Å². The van der Waals surface area contributed by atoms with Crippen molar-refractivity contribution in [3.8, 4) is 0 Å². The molecule has 0 aliphatic carbocycles. The molecule has 0 bridgehead atoms. The molecule has 0 aliphatic rings. The minimum Gasteiger partial charge on any atom is -0.497 e. The normalized spacial score (nSPS) is 5.86. The van der Waals surface area contributed by atoms with E-state index in [1.54, 1.807) is 0 Å². The van der Waals surface area contributed by atoms with Crippen molar-refractivity contribution in [1.29, 1.82) is 0 Å². The van der Waals surface area contributed by atoms with Crippen LogP contribution in [0.5, 0.6) is 0 Å². The summed E-state index contributed by atoms with van der Waals surface area (Å²) < 4.78 is 0. The Morgan fingerprint density at radius 1 is 1.86 bits per heavy atom. The maximum atomic E-state index is 9.82. The Bertz CT molecular complexity index is 72.1. The summed E-state index contributed by atoms with van der Waals surface area (Å²) in [5.74, 6) is -0.141. The van der Waals surface area contributed by atoms with Gasteiger partial charge in [0.1, 0.15) is 0 Å². The molecule has 0 rings (SSSR count). The van der Waals surface area contributed by atoms with Crippen LogP contribution < -0.4 is 5.32 Å². The zero-order valence-corrected chi connectivity index (χ0v) is 5.35. The van der Waals surface area contributed by atoms with E-state index in [9.17, 15) is 4.79 Å². The third-order valence-electron chi connectivity index (χ3n) is 0.287. The number of carbonyl (C=O) groups is 1. The average Bonchev–Trinajstić information content (AvgIpc) is 1.35. The van der Waals surface area contributed by atoms with E-state index in [-0.39, 0.29) is 28.3 Å². The molecular weight excluding hydrogens is 186 g/mol. The summed E-state index contributed by atoms with van der Waals surface area (Å²) in [4.78, 5) is 9.82. The number of hydrogen-bond donors (Lipinski definition) is 1.